The molecule has 1 heterocycles. The monoisotopic (exact) mass is 303 g/mol. The Kier molecular flexibility index (Phi) is 5.83. The molecule has 1 aromatic carbocycles. The van der Waals surface area contributed by atoms with Crippen molar-refractivity contribution in [1.82, 2.24) is 5.32 Å². The molecular formula is C18H25NOS. The molecule has 0 radical (unpaired) electrons. The average Bonchev–Trinajstić information content (AvgIpc) is 2.92. The Morgan fingerprint density at radius 2 is 1.90 bits per heavy atom. The Morgan fingerprint density at radius 3 is 2.48 bits per heavy atom. The molecule has 3 heteroatoms. The highest BCUT2D eigenvalue weighted by Crippen LogP contribution is 2.25. The third-order valence-electron chi connectivity index (χ3n) is 3.41. The van der Waals surface area contributed by atoms with Crippen molar-refractivity contribution in [2.75, 3.05) is 6.61 Å². The maximum Gasteiger partial charge on any atom is 0.125 e. The maximum atomic E-state index is 6.01. The van der Waals surface area contributed by atoms with Crippen molar-refractivity contribution in [2.45, 2.75) is 46.7 Å². The predicted molar refractivity (Wildman–Crippen MR) is 91.4 cm³/mol. The Bertz CT molecular complexity index is 538. The van der Waals surface area contributed by atoms with Crippen LogP contribution in [0.1, 0.15) is 35.4 Å². The number of ether oxygens (including phenoxy) is 1. The summed E-state index contributed by atoms with van der Waals surface area (Å²) in [5.74, 6) is 1.04. The summed E-state index contributed by atoms with van der Waals surface area (Å²) in [5, 5.41) is 5.57. The van der Waals surface area contributed by atoms with E-state index in [2.05, 4.69) is 62.7 Å². The van der Waals surface area contributed by atoms with Gasteiger partial charge in [-0.2, -0.15) is 0 Å². The van der Waals surface area contributed by atoms with Gasteiger partial charge in [0.2, 0.25) is 0 Å². The van der Waals surface area contributed by atoms with E-state index in [1.165, 1.54) is 21.6 Å². The molecule has 21 heavy (non-hydrogen) atoms. The van der Waals surface area contributed by atoms with E-state index in [4.69, 9.17) is 4.74 Å². The lowest BCUT2D eigenvalue weighted by Crippen LogP contribution is -2.21. The van der Waals surface area contributed by atoms with Crippen LogP contribution in [-0.2, 0) is 13.0 Å². The first-order valence-corrected chi connectivity index (χ1v) is 8.43. The first-order chi connectivity index (χ1) is 10.1. The zero-order valence-electron chi connectivity index (χ0n) is 13.4. The molecule has 2 aromatic rings. The van der Waals surface area contributed by atoms with E-state index in [0.717, 1.165) is 25.3 Å². The second kappa shape index (κ2) is 7.62. The number of hydrogen-bond acceptors (Lipinski definition) is 3. The van der Waals surface area contributed by atoms with Crippen molar-refractivity contribution in [3.05, 3.63) is 51.2 Å². The molecule has 0 atom stereocenters. The molecule has 0 spiro atoms. The van der Waals surface area contributed by atoms with Gasteiger partial charge in [0.1, 0.15) is 5.75 Å². The van der Waals surface area contributed by atoms with Crippen molar-refractivity contribution < 1.29 is 4.74 Å². The first-order valence-electron chi connectivity index (χ1n) is 7.55. The molecule has 2 nitrogen and oxygen atoms in total. The van der Waals surface area contributed by atoms with Crippen LogP contribution in [0.2, 0.25) is 0 Å². The van der Waals surface area contributed by atoms with Gasteiger partial charge in [0.15, 0.2) is 0 Å². The summed E-state index contributed by atoms with van der Waals surface area (Å²) in [6, 6.07) is 9.21. The molecule has 0 unspecified atom stereocenters. The fraction of sp³-hybridized carbons (Fsp3) is 0.444. The maximum absolute atomic E-state index is 6.01. The van der Waals surface area contributed by atoms with E-state index in [1.54, 1.807) is 11.3 Å². The Balaban J connectivity index is 1.96. The molecule has 2 rings (SSSR count). The SMILES string of the molecule is Cc1cc(CNC(C)C)cc(C)c1OCCc1cccs1. The highest BCUT2D eigenvalue weighted by Gasteiger charge is 2.07. The summed E-state index contributed by atoms with van der Waals surface area (Å²) in [6.07, 6.45) is 0.979. The quantitative estimate of drug-likeness (QED) is 0.814. The lowest BCUT2D eigenvalue weighted by Gasteiger charge is -2.15. The van der Waals surface area contributed by atoms with Crippen LogP contribution >= 0.6 is 11.3 Å². The fourth-order valence-electron chi connectivity index (χ4n) is 2.40. The predicted octanol–water partition coefficient (Wildman–Crippen LogP) is 4.48. The number of thiophene rings is 1. The topological polar surface area (TPSA) is 21.3 Å². The van der Waals surface area contributed by atoms with Crippen molar-refractivity contribution in [3.63, 3.8) is 0 Å². The van der Waals surface area contributed by atoms with Gasteiger partial charge in [0.25, 0.3) is 0 Å². The van der Waals surface area contributed by atoms with Gasteiger partial charge in [-0.1, -0.05) is 32.0 Å². The third-order valence-corrected chi connectivity index (χ3v) is 4.35. The van der Waals surface area contributed by atoms with Crippen molar-refractivity contribution in [1.29, 1.82) is 0 Å². The van der Waals surface area contributed by atoms with Crippen molar-refractivity contribution in [2.24, 2.45) is 0 Å². The highest BCUT2D eigenvalue weighted by molar-refractivity contribution is 7.09. The number of rotatable bonds is 7. The summed E-state index contributed by atoms with van der Waals surface area (Å²) in [5.41, 5.74) is 3.77. The van der Waals surface area contributed by atoms with E-state index in [1.807, 2.05) is 0 Å². The van der Waals surface area contributed by atoms with Crippen LogP contribution in [0.15, 0.2) is 29.6 Å². The minimum absolute atomic E-state index is 0.507. The normalized spacial score (nSPS) is 11.1. The highest BCUT2D eigenvalue weighted by atomic mass is 32.1. The largest absolute Gasteiger partial charge is 0.493 e. The Hall–Kier alpha value is -1.32. The van der Waals surface area contributed by atoms with E-state index >= 15 is 0 Å². The second-order valence-corrected chi connectivity index (χ2v) is 6.80. The number of benzene rings is 1. The molecule has 0 bridgehead atoms. The average molecular weight is 303 g/mol. The lowest BCUT2D eigenvalue weighted by molar-refractivity contribution is 0.318. The summed E-state index contributed by atoms with van der Waals surface area (Å²) in [6.45, 7) is 10.3. The molecule has 0 aliphatic heterocycles. The van der Waals surface area contributed by atoms with Crippen LogP contribution in [0.3, 0.4) is 0 Å². The Labute approximate surface area is 132 Å². The summed E-state index contributed by atoms with van der Waals surface area (Å²) in [7, 11) is 0. The van der Waals surface area contributed by atoms with E-state index in [9.17, 15) is 0 Å². The van der Waals surface area contributed by atoms with Crippen molar-refractivity contribution in [3.8, 4) is 5.75 Å². The molecule has 114 valence electrons. The van der Waals surface area contributed by atoms with Gasteiger partial charge >= 0.3 is 0 Å². The van der Waals surface area contributed by atoms with Crippen LogP contribution in [0.5, 0.6) is 5.75 Å². The summed E-state index contributed by atoms with van der Waals surface area (Å²) in [4.78, 5) is 1.38. The molecule has 0 saturated carbocycles. The molecular weight excluding hydrogens is 278 g/mol. The molecule has 0 aliphatic rings. The fourth-order valence-corrected chi connectivity index (χ4v) is 3.09. The summed E-state index contributed by atoms with van der Waals surface area (Å²) < 4.78 is 6.01. The molecule has 0 saturated heterocycles. The van der Waals surface area contributed by atoms with Gasteiger partial charge in [0, 0.05) is 23.9 Å². The van der Waals surface area contributed by atoms with Crippen molar-refractivity contribution >= 4 is 11.3 Å². The van der Waals surface area contributed by atoms with Crippen LogP contribution in [0.25, 0.3) is 0 Å². The molecule has 0 amide bonds. The van der Waals surface area contributed by atoms with Crippen LogP contribution in [-0.4, -0.2) is 12.6 Å². The van der Waals surface area contributed by atoms with Gasteiger partial charge in [-0.05, 0) is 42.0 Å². The van der Waals surface area contributed by atoms with E-state index in [-0.39, 0.29) is 0 Å². The smallest absolute Gasteiger partial charge is 0.125 e. The lowest BCUT2D eigenvalue weighted by atomic mass is 10.1. The minimum Gasteiger partial charge on any atom is -0.493 e. The summed E-state index contributed by atoms with van der Waals surface area (Å²) >= 11 is 1.79. The van der Waals surface area contributed by atoms with Crippen LogP contribution < -0.4 is 10.1 Å². The zero-order valence-corrected chi connectivity index (χ0v) is 14.2. The molecule has 1 aromatic heterocycles. The number of aryl methyl sites for hydroxylation is 2. The minimum atomic E-state index is 0.507. The first kappa shape index (κ1) is 16.1. The van der Waals surface area contributed by atoms with E-state index < -0.39 is 0 Å². The number of hydrogen-bond donors (Lipinski definition) is 1. The standard InChI is InChI=1S/C18H25NOS/c1-13(2)19-12-16-10-14(3)18(15(4)11-16)20-8-7-17-6-5-9-21-17/h5-6,9-11,13,19H,7-8,12H2,1-4H3. The number of nitrogens with one attached hydrogen (secondary N) is 1. The molecule has 0 fully saturated rings. The Morgan fingerprint density at radius 1 is 1.19 bits per heavy atom. The second-order valence-electron chi connectivity index (χ2n) is 5.77. The van der Waals surface area contributed by atoms with Gasteiger partial charge < -0.3 is 10.1 Å². The van der Waals surface area contributed by atoms with E-state index in [0.29, 0.717) is 6.04 Å². The van der Waals surface area contributed by atoms with Crippen LogP contribution in [0.4, 0.5) is 0 Å². The zero-order chi connectivity index (χ0) is 15.2. The molecule has 0 aliphatic carbocycles. The molecule has 1 N–H and O–H groups in total. The van der Waals surface area contributed by atoms with Gasteiger partial charge in [-0.25, -0.2) is 0 Å². The van der Waals surface area contributed by atoms with Gasteiger partial charge in [0.05, 0.1) is 6.61 Å². The van der Waals surface area contributed by atoms with Gasteiger partial charge in [-0.3, -0.25) is 0 Å². The van der Waals surface area contributed by atoms with Gasteiger partial charge in [-0.15, -0.1) is 11.3 Å². The van der Waals surface area contributed by atoms with Crippen LogP contribution in [0, 0.1) is 13.8 Å². The third kappa shape index (κ3) is 4.87.